The van der Waals surface area contributed by atoms with E-state index in [0.717, 1.165) is 19.1 Å². The molecule has 1 unspecified atom stereocenters. The molecule has 0 radical (unpaired) electrons. The van der Waals surface area contributed by atoms with Crippen molar-refractivity contribution in [1.29, 1.82) is 0 Å². The average molecular weight is 341 g/mol. The summed E-state index contributed by atoms with van der Waals surface area (Å²) >= 11 is 0. The molecule has 0 bridgehead atoms. The van der Waals surface area contributed by atoms with Crippen molar-refractivity contribution in [2.75, 3.05) is 13.2 Å². The summed E-state index contributed by atoms with van der Waals surface area (Å²) in [7, 11) is 0. The van der Waals surface area contributed by atoms with Gasteiger partial charge in [-0.25, -0.2) is 0 Å². The smallest absolute Gasteiger partial charge is 0.0494 e. The highest BCUT2D eigenvalue weighted by atomic mass is 16.5. The summed E-state index contributed by atoms with van der Waals surface area (Å²) < 4.78 is 6.03. The van der Waals surface area contributed by atoms with Gasteiger partial charge in [-0.3, -0.25) is 0 Å². The lowest BCUT2D eigenvalue weighted by atomic mass is 9.95. The summed E-state index contributed by atoms with van der Waals surface area (Å²) in [4.78, 5) is 0. The first-order valence-corrected chi connectivity index (χ1v) is 11.4. The fourth-order valence-electron chi connectivity index (χ4n) is 3.44. The maximum absolute atomic E-state index is 6.03. The van der Waals surface area contributed by atoms with Crippen molar-refractivity contribution in [2.45, 2.75) is 130 Å². The van der Waals surface area contributed by atoms with Crippen molar-refractivity contribution in [2.24, 2.45) is 5.92 Å². The zero-order valence-corrected chi connectivity index (χ0v) is 17.4. The Morgan fingerprint density at radius 3 is 1.46 bits per heavy atom. The minimum absolute atomic E-state index is 0.823. The van der Waals surface area contributed by atoms with Crippen LogP contribution in [0.3, 0.4) is 0 Å². The molecule has 1 atom stereocenters. The third-order valence-corrected chi connectivity index (χ3v) is 5.18. The summed E-state index contributed by atoms with van der Waals surface area (Å²) in [5, 5.41) is 0. The fourth-order valence-corrected chi connectivity index (χ4v) is 3.44. The van der Waals surface area contributed by atoms with Crippen LogP contribution < -0.4 is 0 Å². The molecule has 0 aromatic carbocycles. The molecule has 0 saturated heterocycles. The van der Waals surface area contributed by atoms with Crippen molar-refractivity contribution in [3.8, 4) is 0 Å². The molecule has 0 spiro atoms. The van der Waals surface area contributed by atoms with Crippen molar-refractivity contribution in [3.63, 3.8) is 0 Å². The third kappa shape index (κ3) is 18.3. The van der Waals surface area contributed by atoms with Gasteiger partial charge in [-0.1, -0.05) is 111 Å². The lowest BCUT2D eigenvalue weighted by Crippen LogP contribution is -2.11. The van der Waals surface area contributed by atoms with Crippen LogP contribution in [0.15, 0.2) is 0 Å². The van der Waals surface area contributed by atoms with E-state index in [-0.39, 0.29) is 0 Å². The van der Waals surface area contributed by atoms with Crippen molar-refractivity contribution in [3.05, 3.63) is 0 Å². The standard InChI is InChI=1S/C23H48O/c1-4-7-10-13-14-17-20-23(19-16-12-9-6-3)22-24-21-18-15-11-8-5-2/h23H,4-22H2,1-3H3. The van der Waals surface area contributed by atoms with Gasteiger partial charge < -0.3 is 4.74 Å². The predicted molar refractivity (Wildman–Crippen MR) is 110 cm³/mol. The van der Waals surface area contributed by atoms with E-state index in [1.165, 1.54) is 109 Å². The number of unbranched alkanes of at least 4 members (excludes halogenated alkanes) is 12. The molecule has 0 fully saturated rings. The average Bonchev–Trinajstić information content (AvgIpc) is 2.60. The molecule has 0 aliphatic heterocycles. The van der Waals surface area contributed by atoms with E-state index in [1.54, 1.807) is 0 Å². The largest absolute Gasteiger partial charge is 0.381 e. The maximum Gasteiger partial charge on any atom is 0.0494 e. The molecule has 0 N–H and O–H groups in total. The van der Waals surface area contributed by atoms with Gasteiger partial charge in [0.15, 0.2) is 0 Å². The Kier molecular flexibility index (Phi) is 21.0. The lowest BCUT2D eigenvalue weighted by Gasteiger charge is -2.17. The quantitative estimate of drug-likeness (QED) is 0.202. The molecule has 0 amide bonds. The highest BCUT2D eigenvalue weighted by molar-refractivity contribution is 4.60. The molecule has 1 nitrogen and oxygen atoms in total. The van der Waals surface area contributed by atoms with Gasteiger partial charge in [-0.05, 0) is 25.2 Å². The number of ether oxygens (including phenoxy) is 1. The minimum Gasteiger partial charge on any atom is -0.381 e. The molecule has 0 rings (SSSR count). The minimum atomic E-state index is 0.823. The molecule has 0 heterocycles. The Morgan fingerprint density at radius 1 is 0.500 bits per heavy atom. The summed E-state index contributed by atoms with van der Waals surface area (Å²) in [5.74, 6) is 0.823. The zero-order valence-electron chi connectivity index (χ0n) is 17.4. The summed E-state index contributed by atoms with van der Waals surface area (Å²) in [5.41, 5.74) is 0. The molecule has 24 heavy (non-hydrogen) atoms. The molecular formula is C23H48O. The van der Waals surface area contributed by atoms with Crippen LogP contribution in [-0.4, -0.2) is 13.2 Å². The first-order valence-electron chi connectivity index (χ1n) is 11.4. The molecular weight excluding hydrogens is 292 g/mol. The molecule has 1 heteroatoms. The van der Waals surface area contributed by atoms with E-state index in [4.69, 9.17) is 4.74 Å². The van der Waals surface area contributed by atoms with E-state index in [9.17, 15) is 0 Å². The van der Waals surface area contributed by atoms with Crippen molar-refractivity contribution >= 4 is 0 Å². The van der Waals surface area contributed by atoms with Gasteiger partial charge in [0.1, 0.15) is 0 Å². The van der Waals surface area contributed by atoms with Crippen LogP contribution in [0.5, 0.6) is 0 Å². The fraction of sp³-hybridized carbons (Fsp3) is 1.00. The second-order valence-corrected chi connectivity index (χ2v) is 7.76. The summed E-state index contributed by atoms with van der Waals surface area (Å²) in [6, 6.07) is 0. The number of hydrogen-bond donors (Lipinski definition) is 0. The second kappa shape index (κ2) is 21.0. The van der Waals surface area contributed by atoms with Crippen LogP contribution in [0, 0.1) is 5.92 Å². The summed E-state index contributed by atoms with van der Waals surface area (Å²) in [6.07, 6.45) is 23.6. The zero-order chi connectivity index (χ0) is 17.7. The third-order valence-electron chi connectivity index (χ3n) is 5.18. The van der Waals surface area contributed by atoms with E-state index >= 15 is 0 Å². The van der Waals surface area contributed by atoms with Gasteiger partial charge in [-0.2, -0.15) is 0 Å². The first kappa shape index (κ1) is 24.0. The predicted octanol–water partition coefficient (Wildman–Crippen LogP) is 8.31. The van der Waals surface area contributed by atoms with Gasteiger partial charge in [-0.15, -0.1) is 0 Å². The monoisotopic (exact) mass is 340 g/mol. The van der Waals surface area contributed by atoms with E-state index in [2.05, 4.69) is 20.8 Å². The van der Waals surface area contributed by atoms with Crippen LogP contribution >= 0.6 is 0 Å². The van der Waals surface area contributed by atoms with E-state index < -0.39 is 0 Å². The van der Waals surface area contributed by atoms with Crippen molar-refractivity contribution in [1.82, 2.24) is 0 Å². The molecule has 0 aliphatic rings. The van der Waals surface area contributed by atoms with Crippen LogP contribution in [-0.2, 0) is 4.74 Å². The normalized spacial score (nSPS) is 12.6. The van der Waals surface area contributed by atoms with Gasteiger partial charge >= 0.3 is 0 Å². The highest BCUT2D eigenvalue weighted by Crippen LogP contribution is 2.19. The van der Waals surface area contributed by atoms with E-state index in [1.807, 2.05) is 0 Å². The van der Waals surface area contributed by atoms with E-state index in [0.29, 0.717) is 0 Å². The lowest BCUT2D eigenvalue weighted by molar-refractivity contribution is 0.0879. The Morgan fingerprint density at radius 2 is 0.917 bits per heavy atom. The highest BCUT2D eigenvalue weighted by Gasteiger charge is 2.09. The van der Waals surface area contributed by atoms with Crippen LogP contribution in [0.25, 0.3) is 0 Å². The van der Waals surface area contributed by atoms with Gasteiger partial charge in [0.2, 0.25) is 0 Å². The summed E-state index contributed by atoms with van der Waals surface area (Å²) in [6.45, 7) is 8.89. The Labute approximate surface area is 154 Å². The number of rotatable bonds is 20. The van der Waals surface area contributed by atoms with Crippen LogP contribution in [0.1, 0.15) is 130 Å². The molecule has 0 saturated carbocycles. The first-order chi connectivity index (χ1) is 11.8. The molecule has 0 aliphatic carbocycles. The Bertz CT molecular complexity index is 214. The molecule has 0 aromatic heterocycles. The second-order valence-electron chi connectivity index (χ2n) is 7.76. The van der Waals surface area contributed by atoms with Crippen LogP contribution in [0.4, 0.5) is 0 Å². The van der Waals surface area contributed by atoms with Gasteiger partial charge in [0.25, 0.3) is 0 Å². The Balaban J connectivity index is 3.70. The van der Waals surface area contributed by atoms with Gasteiger partial charge in [0, 0.05) is 13.2 Å². The number of hydrogen-bond acceptors (Lipinski definition) is 1. The van der Waals surface area contributed by atoms with Crippen LogP contribution in [0.2, 0.25) is 0 Å². The topological polar surface area (TPSA) is 9.23 Å². The molecule has 146 valence electrons. The maximum atomic E-state index is 6.03. The SMILES string of the molecule is CCCCCCCCC(CCCCCC)COCCCCCCC. The van der Waals surface area contributed by atoms with Crippen molar-refractivity contribution < 1.29 is 4.74 Å². The Hall–Kier alpha value is -0.0400. The van der Waals surface area contributed by atoms with Gasteiger partial charge in [0.05, 0.1) is 0 Å². The molecule has 0 aromatic rings.